The Kier molecular flexibility index (Phi) is 2.31. The number of hydrogen-bond acceptors (Lipinski definition) is 2. The van der Waals surface area contributed by atoms with Crippen LogP contribution in [0.4, 0.5) is 0 Å². The van der Waals surface area contributed by atoms with Crippen LogP contribution in [0.5, 0.6) is 0 Å². The maximum absolute atomic E-state index is 4.39. The van der Waals surface area contributed by atoms with E-state index in [0.717, 1.165) is 17.9 Å². The molecule has 14 heavy (non-hydrogen) atoms. The van der Waals surface area contributed by atoms with E-state index in [1.165, 1.54) is 5.56 Å². The first-order chi connectivity index (χ1) is 6.79. The minimum absolute atomic E-state index is 0.879. The molecule has 0 aliphatic heterocycles. The molecule has 0 amide bonds. The van der Waals surface area contributed by atoms with Crippen molar-refractivity contribution in [1.82, 2.24) is 14.8 Å². The third-order valence-corrected chi connectivity index (χ3v) is 2.15. The Morgan fingerprint density at radius 3 is 2.86 bits per heavy atom. The Balaban J connectivity index is 2.39. The summed E-state index contributed by atoms with van der Waals surface area (Å²) in [5.74, 6) is 0.879. The van der Waals surface area contributed by atoms with Crippen molar-refractivity contribution < 1.29 is 0 Å². The van der Waals surface area contributed by atoms with E-state index < -0.39 is 0 Å². The van der Waals surface area contributed by atoms with Crippen LogP contribution in [0, 0.1) is 6.92 Å². The van der Waals surface area contributed by atoms with Crippen LogP contribution < -0.4 is 0 Å². The number of aryl methyl sites for hydroxylation is 2. The topological polar surface area (TPSA) is 30.7 Å². The van der Waals surface area contributed by atoms with Gasteiger partial charge in [0.2, 0.25) is 0 Å². The summed E-state index contributed by atoms with van der Waals surface area (Å²) in [6.45, 7) is 4.10. The summed E-state index contributed by atoms with van der Waals surface area (Å²) in [5.41, 5.74) is 2.24. The minimum atomic E-state index is 0.879. The lowest BCUT2D eigenvalue weighted by atomic mass is 10.3. The molecule has 3 heteroatoms. The van der Waals surface area contributed by atoms with Gasteiger partial charge in [-0.3, -0.25) is 0 Å². The molecule has 0 atom stereocenters. The van der Waals surface area contributed by atoms with Gasteiger partial charge in [-0.2, -0.15) is 5.10 Å². The molecule has 0 spiro atoms. The molecular formula is C11H13N3. The highest BCUT2D eigenvalue weighted by Crippen LogP contribution is 2.06. The molecule has 0 saturated carbocycles. The predicted molar refractivity (Wildman–Crippen MR) is 55.5 cm³/mol. The zero-order valence-corrected chi connectivity index (χ0v) is 8.44. The van der Waals surface area contributed by atoms with Crippen LogP contribution in [0.15, 0.2) is 30.6 Å². The molecule has 0 aromatic carbocycles. The zero-order chi connectivity index (χ0) is 9.97. The van der Waals surface area contributed by atoms with Crippen molar-refractivity contribution in [3.05, 3.63) is 41.9 Å². The molecule has 72 valence electrons. The molecule has 0 radical (unpaired) electrons. The van der Waals surface area contributed by atoms with Crippen LogP contribution in [-0.4, -0.2) is 14.8 Å². The van der Waals surface area contributed by atoms with Gasteiger partial charge in [0, 0.05) is 11.9 Å². The Bertz CT molecular complexity index is 432. The van der Waals surface area contributed by atoms with Crippen molar-refractivity contribution in [2.45, 2.75) is 20.3 Å². The minimum Gasteiger partial charge on any atom is -0.234 e. The fraction of sp³-hybridized carbons (Fsp3) is 0.273. The van der Waals surface area contributed by atoms with E-state index >= 15 is 0 Å². The summed E-state index contributed by atoms with van der Waals surface area (Å²) >= 11 is 0. The first-order valence-electron chi connectivity index (χ1n) is 4.77. The molecule has 0 N–H and O–H groups in total. The van der Waals surface area contributed by atoms with Crippen LogP contribution in [0.2, 0.25) is 0 Å². The lowest BCUT2D eigenvalue weighted by Crippen LogP contribution is -1.98. The van der Waals surface area contributed by atoms with Gasteiger partial charge >= 0.3 is 0 Å². The number of nitrogens with zero attached hydrogens (tertiary/aromatic N) is 3. The van der Waals surface area contributed by atoms with Crippen molar-refractivity contribution in [3.63, 3.8) is 0 Å². The average Bonchev–Trinajstić information content (AvgIpc) is 2.66. The molecule has 3 nitrogen and oxygen atoms in total. The second-order valence-corrected chi connectivity index (χ2v) is 3.28. The number of pyridine rings is 1. The summed E-state index contributed by atoms with van der Waals surface area (Å²) in [7, 11) is 0. The third kappa shape index (κ3) is 1.66. The van der Waals surface area contributed by atoms with Gasteiger partial charge in [0.05, 0.1) is 6.20 Å². The monoisotopic (exact) mass is 187 g/mol. The van der Waals surface area contributed by atoms with Gasteiger partial charge in [-0.25, -0.2) is 9.67 Å². The molecule has 0 fully saturated rings. The second-order valence-electron chi connectivity index (χ2n) is 3.28. The first kappa shape index (κ1) is 8.94. The Morgan fingerprint density at radius 2 is 2.21 bits per heavy atom. The van der Waals surface area contributed by atoms with Crippen LogP contribution in [0.25, 0.3) is 5.82 Å². The summed E-state index contributed by atoms with van der Waals surface area (Å²) < 4.78 is 1.81. The van der Waals surface area contributed by atoms with E-state index in [4.69, 9.17) is 0 Å². The largest absolute Gasteiger partial charge is 0.234 e. The lowest BCUT2D eigenvalue weighted by Gasteiger charge is -2.00. The average molecular weight is 187 g/mol. The van der Waals surface area contributed by atoms with Gasteiger partial charge in [-0.15, -0.1) is 0 Å². The fourth-order valence-electron chi connectivity index (χ4n) is 1.32. The molecule has 0 saturated heterocycles. The molecular weight excluding hydrogens is 174 g/mol. The molecule has 0 aliphatic carbocycles. The number of rotatable bonds is 2. The highest BCUT2D eigenvalue weighted by Gasteiger charge is 2.00. The molecule has 2 aromatic heterocycles. The summed E-state index contributed by atoms with van der Waals surface area (Å²) in [4.78, 5) is 4.39. The fourth-order valence-corrected chi connectivity index (χ4v) is 1.32. The van der Waals surface area contributed by atoms with Crippen LogP contribution >= 0.6 is 0 Å². The van der Waals surface area contributed by atoms with E-state index in [-0.39, 0.29) is 0 Å². The highest BCUT2D eigenvalue weighted by atomic mass is 15.3. The van der Waals surface area contributed by atoms with E-state index in [1.54, 1.807) is 0 Å². The van der Waals surface area contributed by atoms with E-state index in [0.29, 0.717) is 0 Å². The Morgan fingerprint density at radius 1 is 1.36 bits per heavy atom. The van der Waals surface area contributed by atoms with Crippen LogP contribution in [0.1, 0.15) is 18.2 Å². The maximum Gasteiger partial charge on any atom is 0.153 e. The van der Waals surface area contributed by atoms with Gasteiger partial charge in [-0.05, 0) is 31.0 Å². The van der Waals surface area contributed by atoms with Gasteiger partial charge < -0.3 is 0 Å². The summed E-state index contributed by atoms with van der Waals surface area (Å²) in [6.07, 6.45) is 4.90. The number of aromatic nitrogens is 3. The van der Waals surface area contributed by atoms with Gasteiger partial charge in [0.25, 0.3) is 0 Å². The first-order valence-corrected chi connectivity index (χ1v) is 4.77. The van der Waals surface area contributed by atoms with Crippen molar-refractivity contribution in [2.24, 2.45) is 0 Å². The lowest BCUT2D eigenvalue weighted by molar-refractivity contribution is 0.840. The molecule has 0 bridgehead atoms. The Hall–Kier alpha value is -1.64. The third-order valence-electron chi connectivity index (χ3n) is 2.15. The van der Waals surface area contributed by atoms with Crippen LogP contribution in [0.3, 0.4) is 0 Å². The smallest absolute Gasteiger partial charge is 0.153 e. The standard InChI is InChI=1S/C11H13N3/c1-3-10-7-12-14(8-10)11-6-4-5-9(2)13-11/h4-8H,3H2,1-2H3. The predicted octanol–water partition coefficient (Wildman–Crippen LogP) is 2.14. The highest BCUT2D eigenvalue weighted by molar-refractivity contribution is 5.24. The quantitative estimate of drug-likeness (QED) is 0.721. The van der Waals surface area contributed by atoms with E-state index in [2.05, 4.69) is 17.0 Å². The normalized spacial score (nSPS) is 10.4. The van der Waals surface area contributed by atoms with E-state index in [9.17, 15) is 0 Å². The van der Waals surface area contributed by atoms with Gasteiger partial charge in [0.15, 0.2) is 5.82 Å². The summed E-state index contributed by atoms with van der Waals surface area (Å²) in [5, 5.41) is 4.25. The summed E-state index contributed by atoms with van der Waals surface area (Å²) in [6, 6.07) is 5.93. The molecule has 2 aromatic rings. The molecule has 0 unspecified atom stereocenters. The molecule has 0 aliphatic rings. The van der Waals surface area contributed by atoms with Crippen molar-refractivity contribution >= 4 is 0 Å². The van der Waals surface area contributed by atoms with Crippen molar-refractivity contribution in [1.29, 1.82) is 0 Å². The zero-order valence-electron chi connectivity index (χ0n) is 8.44. The molecule has 2 heterocycles. The molecule has 2 rings (SSSR count). The van der Waals surface area contributed by atoms with Gasteiger partial charge in [-0.1, -0.05) is 13.0 Å². The SMILES string of the molecule is CCc1cnn(-c2cccc(C)n2)c1. The second kappa shape index (κ2) is 3.62. The van der Waals surface area contributed by atoms with Crippen molar-refractivity contribution in [3.8, 4) is 5.82 Å². The van der Waals surface area contributed by atoms with Crippen LogP contribution in [-0.2, 0) is 6.42 Å². The van der Waals surface area contributed by atoms with Gasteiger partial charge in [0.1, 0.15) is 0 Å². The van der Waals surface area contributed by atoms with Crippen molar-refractivity contribution in [2.75, 3.05) is 0 Å². The maximum atomic E-state index is 4.39. The van der Waals surface area contributed by atoms with E-state index in [1.807, 2.05) is 42.2 Å². The Labute approximate surface area is 83.4 Å². The number of hydrogen-bond donors (Lipinski definition) is 0.